The number of hydrogen-bond donors (Lipinski definition) is 0. The monoisotopic (exact) mass is 226 g/mol. The molecule has 1 aliphatic heterocycles. The van der Waals surface area contributed by atoms with Crippen LogP contribution in [0.25, 0.3) is 0 Å². The minimum absolute atomic E-state index is 0.0885. The van der Waals surface area contributed by atoms with Gasteiger partial charge >= 0.3 is 0 Å². The lowest BCUT2D eigenvalue weighted by Crippen LogP contribution is -2.38. The molecule has 0 radical (unpaired) electrons. The number of amides is 1. The van der Waals surface area contributed by atoms with Crippen LogP contribution in [0.2, 0.25) is 0 Å². The van der Waals surface area contributed by atoms with Crippen LogP contribution in [-0.2, 0) is 9.47 Å². The molecule has 1 amide bonds. The second kappa shape index (κ2) is 5.09. The fourth-order valence-corrected chi connectivity index (χ4v) is 1.59. The van der Waals surface area contributed by atoms with E-state index in [0.29, 0.717) is 26.3 Å². The van der Waals surface area contributed by atoms with E-state index < -0.39 is 0 Å². The van der Waals surface area contributed by atoms with E-state index in [1.165, 1.54) is 6.20 Å². The summed E-state index contributed by atoms with van der Waals surface area (Å²) in [6, 6.07) is 1.55. The van der Waals surface area contributed by atoms with E-state index in [1.807, 2.05) is 0 Å². The quantitative estimate of drug-likeness (QED) is 0.718. The third-order valence-electron chi connectivity index (χ3n) is 2.50. The summed E-state index contributed by atoms with van der Waals surface area (Å²) in [5.74, 6) is 0.0711. The molecule has 1 saturated heterocycles. The molecule has 16 heavy (non-hydrogen) atoms. The van der Waals surface area contributed by atoms with Crippen molar-refractivity contribution in [1.29, 1.82) is 0 Å². The molecular weight excluding hydrogens is 212 g/mol. The van der Waals surface area contributed by atoms with Crippen molar-refractivity contribution in [2.45, 2.75) is 6.10 Å². The average molecular weight is 226 g/mol. The standard InChI is InChI=1S/C10H14N2O4/c1-14-8-6-12(4-5-15-7-8)10(13)9-2-3-11-16-9/h2-3,8H,4-7H2,1H3/t8-/m1/s1. The van der Waals surface area contributed by atoms with Crippen LogP contribution in [-0.4, -0.2) is 55.5 Å². The molecule has 0 aromatic carbocycles. The molecule has 1 aliphatic rings. The molecule has 6 nitrogen and oxygen atoms in total. The number of ether oxygens (including phenoxy) is 2. The number of nitrogens with zero attached hydrogens (tertiary/aromatic N) is 2. The molecular formula is C10H14N2O4. The lowest BCUT2D eigenvalue weighted by Gasteiger charge is -2.21. The van der Waals surface area contributed by atoms with E-state index in [1.54, 1.807) is 18.1 Å². The van der Waals surface area contributed by atoms with Crippen molar-refractivity contribution in [1.82, 2.24) is 10.1 Å². The number of methoxy groups -OCH3 is 1. The smallest absolute Gasteiger partial charge is 0.292 e. The van der Waals surface area contributed by atoms with Crippen LogP contribution >= 0.6 is 0 Å². The van der Waals surface area contributed by atoms with Gasteiger partial charge in [-0.2, -0.15) is 0 Å². The van der Waals surface area contributed by atoms with Gasteiger partial charge in [0.05, 0.1) is 25.5 Å². The Bertz CT molecular complexity index is 339. The van der Waals surface area contributed by atoms with Crippen molar-refractivity contribution < 1.29 is 18.8 Å². The lowest BCUT2D eigenvalue weighted by molar-refractivity contribution is 0.0221. The van der Waals surface area contributed by atoms with E-state index in [0.717, 1.165) is 0 Å². The van der Waals surface area contributed by atoms with E-state index >= 15 is 0 Å². The number of hydrogen-bond acceptors (Lipinski definition) is 5. The third-order valence-corrected chi connectivity index (χ3v) is 2.50. The van der Waals surface area contributed by atoms with Crippen molar-refractivity contribution >= 4 is 5.91 Å². The van der Waals surface area contributed by atoms with E-state index in [4.69, 9.17) is 14.0 Å². The van der Waals surface area contributed by atoms with Gasteiger partial charge in [-0.05, 0) is 0 Å². The number of carbonyl (C=O) groups excluding carboxylic acids is 1. The van der Waals surface area contributed by atoms with E-state index in [2.05, 4.69) is 5.16 Å². The Morgan fingerprint density at radius 1 is 1.69 bits per heavy atom. The molecule has 1 aromatic rings. The van der Waals surface area contributed by atoms with Crippen LogP contribution in [0, 0.1) is 0 Å². The molecule has 0 bridgehead atoms. The minimum Gasteiger partial charge on any atom is -0.377 e. The summed E-state index contributed by atoms with van der Waals surface area (Å²) < 4.78 is 15.4. The molecule has 2 rings (SSSR count). The summed E-state index contributed by atoms with van der Waals surface area (Å²) in [5.41, 5.74) is 0. The molecule has 1 atom stereocenters. The van der Waals surface area contributed by atoms with E-state index in [-0.39, 0.29) is 17.8 Å². The molecule has 0 spiro atoms. The SMILES string of the molecule is CO[C@H]1COCCN(C(=O)c2ccno2)C1. The first-order chi connectivity index (χ1) is 7.81. The zero-order chi connectivity index (χ0) is 11.4. The third kappa shape index (κ3) is 2.40. The van der Waals surface area contributed by atoms with Gasteiger partial charge in [-0.3, -0.25) is 4.79 Å². The van der Waals surface area contributed by atoms with Crippen LogP contribution in [0.4, 0.5) is 0 Å². The van der Waals surface area contributed by atoms with Crippen LogP contribution in [0.1, 0.15) is 10.6 Å². The number of aromatic nitrogens is 1. The average Bonchev–Trinajstić information content (AvgIpc) is 2.73. The van der Waals surface area contributed by atoms with E-state index in [9.17, 15) is 4.79 Å². The summed E-state index contributed by atoms with van der Waals surface area (Å²) in [5, 5.41) is 3.52. The topological polar surface area (TPSA) is 64.8 Å². The van der Waals surface area contributed by atoms with Gasteiger partial charge in [0.15, 0.2) is 0 Å². The van der Waals surface area contributed by atoms with Crippen LogP contribution < -0.4 is 0 Å². The van der Waals surface area contributed by atoms with Gasteiger partial charge in [0.25, 0.3) is 5.91 Å². The van der Waals surface area contributed by atoms with Gasteiger partial charge < -0.3 is 18.9 Å². The van der Waals surface area contributed by atoms with Gasteiger partial charge in [-0.1, -0.05) is 5.16 Å². The predicted octanol–water partition coefficient (Wildman–Crippen LogP) is 0.162. The number of carbonyl (C=O) groups is 1. The first kappa shape index (κ1) is 11.1. The lowest BCUT2D eigenvalue weighted by atomic mass is 10.3. The summed E-state index contributed by atoms with van der Waals surface area (Å²) >= 11 is 0. The zero-order valence-corrected chi connectivity index (χ0v) is 9.09. The Morgan fingerprint density at radius 3 is 3.25 bits per heavy atom. The highest BCUT2D eigenvalue weighted by molar-refractivity contribution is 5.91. The molecule has 1 fully saturated rings. The Kier molecular flexibility index (Phi) is 3.53. The second-order valence-electron chi connectivity index (χ2n) is 3.56. The van der Waals surface area contributed by atoms with Crippen molar-refractivity contribution in [2.24, 2.45) is 0 Å². The van der Waals surface area contributed by atoms with Gasteiger partial charge in [0.1, 0.15) is 0 Å². The highest BCUT2D eigenvalue weighted by Gasteiger charge is 2.24. The first-order valence-corrected chi connectivity index (χ1v) is 5.11. The zero-order valence-electron chi connectivity index (χ0n) is 9.09. The van der Waals surface area contributed by atoms with Crippen LogP contribution in [0.5, 0.6) is 0 Å². The summed E-state index contributed by atoms with van der Waals surface area (Å²) in [6.45, 7) is 2.08. The molecule has 0 aliphatic carbocycles. The Labute approximate surface area is 93.1 Å². The van der Waals surface area contributed by atoms with Gasteiger partial charge in [-0.15, -0.1) is 0 Å². The first-order valence-electron chi connectivity index (χ1n) is 5.11. The molecule has 0 saturated carbocycles. The molecule has 1 aromatic heterocycles. The second-order valence-corrected chi connectivity index (χ2v) is 3.56. The molecule has 6 heteroatoms. The predicted molar refractivity (Wildman–Crippen MR) is 54.0 cm³/mol. The van der Waals surface area contributed by atoms with Gasteiger partial charge in [0.2, 0.25) is 5.76 Å². The fraction of sp³-hybridized carbons (Fsp3) is 0.600. The molecule has 2 heterocycles. The van der Waals surface area contributed by atoms with Gasteiger partial charge in [-0.25, -0.2) is 0 Å². The summed E-state index contributed by atoms with van der Waals surface area (Å²) in [7, 11) is 1.61. The summed E-state index contributed by atoms with van der Waals surface area (Å²) in [6.07, 6.45) is 1.37. The maximum Gasteiger partial charge on any atom is 0.292 e. The van der Waals surface area contributed by atoms with Crippen LogP contribution in [0.3, 0.4) is 0 Å². The normalized spacial score (nSPS) is 21.8. The van der Waals surface area contributed by atoms with Crippen molar-refractivity contribution in [3.05, 3.63) is 18.0 Å². The Hall–Kier alpha value is -1.40. The number of rotatable bonds is 2. The van der Waals surface area contributed by atoms with Crippen molar-refractivity contribution in [2.75, 3.05) is 33.4 Å². The summed E-state index contributed by atoms with van der Waals surface area (Å²) in [4.78, 5) is 13.6. The Morgan fingerprint density at radius 2 is 2.56 bits per heavy atom. The van der Waals surface area contributed by atoms with Crippen molar-refractivity contribution in [3.63, 3.8) is 0 Å². The molecule has 0 unspecified atom stereocenters. The van der Waals surface area contributed by atoms with Crippen LogP contribution in [0.15, 0.2) is 16.8 Å². The minimum atomic E-state index is -0.176. The molecule has 0 N–H and O–H groups in total. The maximum absolute atomic E-state index is 12.0. The Balaban J connectivity index is 2.04. The maximum atomic E-state index is 12.0. The highest BCUT2D eigenvalue weighted by Crippen LogP contribution is 2.08. The van der Waals surface area contributed by atoms with Gasteiger partial charge in [0, 0.05) is 26.3 Å². The highest BCUT2D eigenvalue weighted by atomic mass is 16.5. The molecule has 88 valence electrons. The fourth-order valence-electron chi connectivity index (χ4n) is 1.59. The largest absolute Gasteiger partial charge is 0.377 e. The van der Waals surface area contributed by atoms with Crippen molar-refractivity contribution in [3.8, 4) is 0 Å².